The van der Waals surface area contributed by atoms with E-state index in [4.69, 9.17) is 4.99 Å². The Morgan fingerprint density at radius 1 is 0.846 bits per heavy atom. The van der Waals surface area contributed by atoms with Crippen molar-refractivity contribution in [1.82, 2.24) is 4.90 Å². The highest BCUT2D eigenvalue weighted by Crippen LogP contribution is 2.26. The van der Waals surface area contributed by atoms with Gasteiger partial charge in [-0.15, -0.1) is 0 Å². The maximum absolute atomic E-state index is 4.93. The number of fused-ring (bicyclic) bond motifs is 1. The number of aliphatic imine (C=N–C) groups is 1. The second-order valence-electron chi connectivity index (χ2n) is 6.32. The Kier molecular flexibility index (Phi) is 5.02. The molecule has 3 nitrogen and oxygen atoms in total. The highest BCUT2D eigenvalue weighted by Gasteiger charge is 2.19. The minimum absolute atomic E-state index is 0.860. The van der Waals surface area contributed by atoms with Crippen molar-refractivity contribution in [3.8, 4) is 0 Å². The quantitative estimate of drug-likeness (QED) is 0.443. The fraction of sp³-hybridized carbons (Fsp3) is 0.136. The summed E-state index contributed by atoms with van der Waals surface area (Å²) in [4.78, 5) is 7.25. The zero-order chi connectivity index (χ0) is 17.8. The number of guanidine groups is 1. The van der Waals surface area contributed by atoms with Crippen molar-refractivity contribution in [3.05, 3.63) is 94.5 Å². The van der Waals surface area contributed by atoms with Gasteiger partial charge in [0, 0.05) is 23.2 Å². The molecule has 4 heteroatoms. The minimum atomic E-state index is 0.860. The van der Waals surface area contributed by atoms with Crippen LogP contribution in [-0.4, -0.2) is 17.4 Å². The smallest absolute Gasteiger partial charge is 0.204 e. The van der Waals surface area contributed by atoms with E-state index >= 15 is 0 Å². The van der Waals surface area contributed by atoms with E-state index in [9.17, 15) is 0 Å². The number of anilines is 1. The van der Waals surface area contributed by atoms with E-state index in [0.29, 0.717) is 0 Å². The molecule has 130 valence electrons. The molecule has 1 heterocycles. The molecule has 0 unspecified atom stereocenters. The first kappa shape index (κ1) is 16.9. The zero-order valence-electron chi connectivity index (χ0n) is 14.4. The van der Waals surface area contributed by atoms with Gasteiger partial charge in [0.1, 0.15) is 0 Å². The van der Waals surface area contributed by atoms with Crippen LogP contribution in [0.25, 0.3) is 0 Å². The first-order valence-electron chi connectivity index (χ1n) is 8.76. The summed E-state index contributed by atoms with van der Waals surface area (Å²) >= 11 is 3.61. The molecule has 3 aromatic rings. The lowest BCUT2D eigenvalue weighted by atomic mass is 10.0. The van der Waals surface area contributed by atoms with Crippen LogP contribution in [0.1, 0.15) is 11.1 Å². The number of halogens is 1. The van der Waals surface area contributed by atoms with Crippen LogP contribution in [0.3, 0.4) is 0 Å². The summed E-state index contributed by atoms with van der Waals surface area (Å²) < 4.78 is 0.991. The molecule has 0 fully saturated rings. The van der Waals surface area contributed by atoms with Crippen molar-refractivity contribution in [2.75, 3.05) is 11.9 Å². The maximum atomic E-state index is 4.93. The fourth-order valence-corrected chi connectivity index (χ4v) is 3.53. The first-order chi connectivity index (χ1) is 12.8. The number of benzene rings is 3. The highest BCUT2D eigenvalue weighted by molar-refractivity contribution is 9.10. The Hall–Kier alpha value is -2.59. The lowest BCUT2D eigenvalue weighted by Crippen LogP contribution is -2.40. The number of para-hydroxylation sites is 2. The van der Waals surface area contributed by atoms with E-state index < -0.39 is 0 Å². The third kappa shape index (κ3) is 3.81. The zero-order valence-corrected chi connectivity index (χ0v) is 16.0. The fourth-order valence-electron chi connectivity index (χ4n) is 3.16. The molecular weight excluding hydrogens is 386 g/mol. The molecular formula is C22H20BrN3. The van der Waals surface area contributed by atoms with Crippen molar-refractivity contribution in [3.63, 3.8) is 0 Å². The molecule has 0 radical (unpaired) electrons. The third-order valence-corrected chi connectivity index (χ3v) is 5.21. The van der Waals surface area contributed by atoms with E-state index in [-0.39, 0.29) is 0 Å². The van der Waals surface area contributed by atoms with Gasteiger partial charge >= 0.3 is 0 Å². The lowest BCUT2D eigenvalue weighted by Gasteiger charge is -2.32. The van der Waals surface area contributed by atoms with E-state index in [2.05, 4.69) is 62.5 Å². The number of nitrogens with one attached hydrogen (secondary N) is 1. The standard InChI is InChI=1S/C22H20BrN3/c23-20-12-6-7-13-21(20)25-22(24-19-10-2-1-3-11-19)26-15-14-17-8-4-5-9-18(17)16-26/h1-13H,14-16H2,(H,24,25). The molecule has 0 aromatic heterocycles. The van der Waals surface area contributed by atoms with Gasteiger partial charge in [-0.25, -0.2) is 4.99 Å². The summed E-state index contributed by atoms with van der Waals surface area (Å²) in [5, 5.41) is 3.51. The van der Waals surface area contributed by atoms with Crippen molar-refractivity contribution in [1.29, 1.82) is 0 Å². The Morgan fingerprint density at radius 3 is 2.35 bits per heavy atom. The monoisotopic (exact) mass is 405 g/mol. The highest BCUT2D eigenvalue weighted by atomic mass is 79.9. The van der Waals surface area contributed by atoms with Crippen molar-refractivity contribution in [2.24, 2.45) is 4.99 Å². The normalized spacial score (nSPS) is 14.0. The molecule has 0 amide bonds. The molecule has 26 heavy (non-hydrogen) atoms. The van der Waals surface area contributed by atoms with Crippen molar-refractivity contribution in [2.45, 2.75) is 13.0 Å². The van der Waals surface area contributed by atoms with Crippen LogP contribution in [0.4, 0.5) is 11.4 Å². The van der Waals surface area contributed by atoms with Gasteiger partial charge in [-0.1, -0.05) is 54.6 Å². The van der Waals surface area contributed by atoms with Gasteiger partial charge in [-0.05, 0) is 57.7 Å². The Labute approximate surface area is 162 Å². The van der Waals surface area contributed by atoms with E-state index in [1.54, 1.807) is 0 Å². The van der Waals surface area contributed by atoms with Gasteiger partial charge in [0.2, 0.25) is 5.96 Å². The van der Waals surface area contributed by atoms with Crippen LogP contribution in [0.2, 0.25) is 0 Å². The van der Waals surface area contributed by atoms with Gasteiger partial charge in [-0.2, -0.15) is 0 Å². The van der Waals surface area contributed by atoms with Gasteiger partial charge in [-0.3, -0.25) is 0 Å². The molecule has 0 atom stereocenters. The Morgan fingerprint density at radius 2 is 1.54 bits per heavy atom. The predicted octanol–water partition coefficient (Wildman–Crippen LogP) is 5.61. The van der Waals surface area contributed by atoms with Gasteiger partial charge < -0.3 is 10.2 Å². The minimum Gasteiger partial charge on any atom is -0.338 e. The molecule has 0 bridgehead atoms. The number of hydrogen-bond acceptors (Lipinski definition) is 1. The topological polar surface area (TPSA) is 27.6 Å². The summed E-state index contributed by atoms with van der Waals surface area (Å²) in [6.45, 7) is 1.80. The van der Waals surface area contributed by atoms with Gasteiger partial charge in [0.15, 0.2) is 0 Å². The number of nitrogens with zero attached hydrogens (tertiary/aromatic N) is 2. The third-order valence-electron chi connectivity index (χ3n) is 4.54. The summed E-state index contributed by atoms with van der Waals surface area (Å²) in [6.07, 6.45) is 1.03. The Balaban J connectivity index is 1.68. The van der Waals surface area contributed by atoms with E-state index in [1.165, 1.54) is 11.1 Å². The molecule has 1 N–H and O–H groups in total. The first-order valence-corrected chi connectivity index (χ1v) is 9.56. The molecule has 1 aliphatic heterocycles. The SMILES string of the molecule is Brc1ccccc1N=C(Nc1ccccc1)N1CCc2ccccc2C1. The van der Waals surface area contributed by atoms with Crippen molar-refractivity contribution < 1.29 is 0 Å². The molecule has 4 rings (SSSR count). The molecule has 3 aromatic carbocycles. The largest absolute Gasteiger partial charge is 0.338 e. The average molecular weight is 406 g/mol. The van der Waals surface area contributed by atoms with Crippen LogP contribution in [0, 0.1) is 0 Å². The molecule has 0 saturated carbocycles. The predicted molar refractivity (Wildman–Crippen MR) is 112 cm³/mol. The average Bonchev–Trinajstić information content (AvgIpc) is 2.69. The summed E-state index contributed by atoms with van der Waals surface area (Å²) in [7, 11) is 0. The Bertz CT molecular complexity index is 921. The second-order valence-corrected chi connectivity index (χ2v) is 7.17. The maximum Gasteiger partial charge on any atom is 0.204 e. The van der Waals surface area contributed by atoms with Gasteiger partial charge in [0.25, 0.3) is 0 Å². The number of rotatable bonds is 2. The van der Waals surface area contributed by atoms with Gasteiger partial charge in [0.05, 0.1) is 5.69 Å². The molecule has 1 aliphatic rings. The second kappa shape index (κ2) is 7.75. The summed E-state index contributed by atoms with van der Waals surface area (Å²) in [5.74, 6) is 0.873. The van der Waals surface area contributed by atoms with E-state index in [1.807, 2.05) is 42.5 Å². The van der Waals surface area contributed by atoms with Crippen LogP contribution < -0.4 is 5.32 Å². The van der Waals surface area contributed by atoms with Crippen LogP contribution >= 0.6 is 15.9 Å². The molecule has 0 aliphatic carbocycles. The van der Waals surface area contributed by atoms with Crippen molar-refractivity contribution >= 4 is 33.3 Å². The summed E-state index contributed by atoms with van der Waals surface area (Å²) in [6, 6.07) is 26.9. The van der Waals surface area contributed by atoms with Crippen LogP contribution in [0.5, 0.6) is 0 Å². The number of hydrogen-bond donors (Lipinski definition) is 1. The van der Waals surface area contributed by atoms with Crippen LogP contribution in [0.15, 0.2) is 88.3 Å². The summed E-state index contributed by atoms with van der Waals surface area (Å²) in [5.41, 5.74) is 4.76. The van der Waals surface area contributed by atoms with Crippen LogP contribution in [-0.2, 0) is 13.0 Å². The molecule has 0 spiro atoms. The van der Waals surface area contributed by atoms with E-state index in [0.717, 1.165) is 41.3 Å². The lowest BCUT2D eigenvalue weighted by molar-refractivity contribution is 0.393. The molecule has 0 saturated heterocycles.